The number of carbonyl (C=O) groups excluding carboxylic acids is 2. The van der Waals surface area contributed by atoms with Crippen LogP contribution in [0.25, 0.3) is 0 Å². The van der Waals surface area contributed by atoms with Gasteiger partial charge < -0.3 is 16.0 Å². The molecule has 0 aliphatic rings. The molecule has 0 aliphatic heterocycles. The SMILES string of the molecule is CCCC(C)CC(=O)Nc1cccc(NC(=O)Nc2ccccc2)c1. The van der Waals surface area contributed by atoms with E-state index in [0.29, 0.717) is 23.7 Å². The number of benzene rings is 2. The molecule has 1 unspecified atom stereocenters. The van der Waals surface area contributed by atoms with E-state index in [4.69, 9.17) is 0 Å². The Morgan fingerprint density at radius 3 is 2.16 bits per heavy atom. The van der Waals surface area contributed by atoms with E-state index >= 15 is 0 Å². The number of nitrogens with one attached hydrogen (secondary N) is 3. The first kappa shape index (κ1) is 18.5. The van der Waals surface area contributed by atoms with Crippen molar-refractivity contribution in [3.8, 4) is 0 Å². The zero-order valence-electron chi connectivity index (χ0n) is 14.7. The molecule has 1 atom stereocenters. The van der Waals surface area contributed by atoms with Crippen LogP contribution in [0.2, 0.25) is 0 Å². The predicted molar refractivity (Wildman–Crippen MR) is 103 cm³/mol. The van der Waals surface area contributed by atoms with Crippen molar-refractivity contribution in [1.82, 2.24) is 0 Å². The predicted octanol–water partition coefficient (Wildman–Crippen LogP) is 5.10. The Morgan fingerprint density at radius 2 is 1.48 bits per heavy atom. The van der Waals surface area contributed by atoms with Crippen LogP contribution in [0, 0.1) is 5.92 Å². The summed E-state index contributed by atoms with van der Waals surface area (Å²) in [7, 11) is 0. The third-order valence-corrected chi connectivity index (χ3v) is 3.75. The largest absolute Gasteiger partial charge is 0.326 e. The molecule has 0 saturated heterocycles. The van der Waals surface area contributed by atoms with Gasteiger partial charge in [-0.05, 0) is 36.2 Å². The van der Waals surface area contributed by atoms with Crippen LogP contribution in [0.4, 0.5) is 21.9 Å². The van der Waals surface area contributed by atoms with Crippen LogP contribution in [0.3, 0.4) is 0 Å². The number of anilines is 3. The van der Waals surface area contributed by atoms with Gasteiger partial charge in [0.1, 0.15) is 0 Å². The quantitative estimate of drug-likeness (QED) is 0.657. The van der Waals surface area contributed by atoms with Gasteiger partial charge in [0.15, 0.2) is 0 Å². The fraction of sp³-hybridized carbons (Fsp3) is 0.300. The van der Waals surface area contributed by atoms with Crippen molar-refractivity contribution in [2.75, 3.05) is 16.0 Å². The smallest absolute Gasteiger partial charge is 0.323 e. The third kappa shape index (κ3) is 6.67. The van der Waals surface area contributed by atoms with Crippen LogP contribution in [-0.4, -0.2) is 11.9 Å². The highest BCUT2D eigenvalue weighted by Crippen LogP contribution is 2.17. The molecule has 3 amide bonds. The highest BCUT2D eigenvalue weighted by molar-refractivity contribution is 6.00. The van der Waals surface area contributed by atoms with Crippen molar-refractivity contribution >= 4 is 29.0 Å². The Kier molecular flexibility index (Phi) is 7.01. The van der Waals surface area contributed by atoms with Crippen molar-refractivity contribution in [2.24, 2.45) is 5.92 Å². The molecule has 0 heterocycles. The first-order valence-electron chi connectivity index (χ1n) is 8.59. The van der Waals surface area contributed by atoms with Crippen LogP contribution < -0.4 is 16.0 Å². The Labute approximate surface area is 148 Å². The van der Waals surface area contributed by atoms with Crippen molar-refractivity contribution in [3.63, 3.8) is 0 Å². The van der Waals surface area contributed by atoms with Crippen molar-refractivity contribution in [2.45, 2.75) is 33.1 Å². The normalized spacial score (nSPS) is 11.4. The zero-order valence-corrected chi connectivity index (χ0v) is 14.7. The number of urea groups is 1. The van der Waals surface area contributed by atoms with Gasteiger partial charge >= 0.3 is 6.03 Å². The zero-order chi connectivity index (χ0) is 18.1. The molecule has 132 valence electrons. The summed E-state index contributed by atoms with van der Waals surface area (Å²) >= 11 is 0. The van der Waals surface area contributed by atoms with Crippen molar-refractivity contribution < 1.29 is 9.59 Å². The third-order valence-electron chi connectivity index (χ3n) is 3.75. The van der Waals surface area contributed by atoms with Gasteiger partial charge in [0.2, 0.25) is 5.91 Å². The first-order valence-corrected chi connectivity index (χ1v) is 8.59. The van der Waals surface area contributed by atoms with E-state index < -0.39 is 0 Å². The number of rotatable bonds is 7. The van der Waals surface area contributed by atoms with E-state index in [1.807, 2.05) is 36.4 Å². The number of carbonyl (C=O) groups is 2. The molecular weight excluding hydrogens is 314 g/mol. The second kappa shape index (κ2) is 9.47. The minimum Gasteiger partial charge on any atom is -0.326 e. The van der Waals surface area contributed by atoms with E-state index in [0.717, 1.165) is 18.5 Å². The van der Waals surface area contributed by atoms with Gasteiger partial charge in [-0.2, -0.15) is 0 Å². The lowest BCUT2D eigenvalue weighted by atomic mass is 10.0. The molecule has 0 aliphatic carbocycles. The topological polar surface area (TPSA) is 70.2 Å². The highest BCUT2D eigenvalue weighted by Gasteiger charge is 2.09. The van der Waals surface area contributed by atoms with Gasteiger partial charge in [-0.1, -0.05) is 51.0 Å². The van der Waals surface area contributed by atoms with Gasteiger partial charge in [0.05, 0.1) is 0 Å². The minimum atomic E-state index is -0.328. The molecule has 25 heavy (non-hydrogen) atoms. The maximum atomic E-state index is 12.1. The molecule has 0 radical (unpaired) electrons. The highest BCUT2D eigenvalue weighted by atomic mass is 16.2. The number of amides is 3. The Hall–Kier alpha value is -2.82. The Bertz CT molecular complexity index is 701. The minimum absolute atomic E-state index is 0.00756. The summed E-state index contributed by atoms with van der Waals surface area (Å²) < 4.78 is 0. The molecule has 0 bridgehead atoms. The fourth-order valence-corrected chi connectivity index (χ4v) is 2.61. The van der Waals surface area contributed by atoms with Gasteiger partial charge in [0.25, 0.3) is 0 Å². The molecule has 5 nitrogen and oxygen atoms in total. The van der Waals surface area contributed by atoms with E-state index in [1.54, 1.807) is 18.2 Å². The van der Waals surface area contributed by atoms with Crippen LogP contribution in [-0.2, 0) is 4.79 Å². The van der Waals surface area contributed by atoms with Gasteiger partial charge in [-0.25, -0.2) is 4.79 Å². The van der Waals surface area contributed by atoms with E-state index in [2.05, 4.69) is 29.8 Å². The summed E-state index contributed by atoms with van der Waals surface area (Å²) in [6, 6.07) is 16.0. The molecule has 0 spiro atoms. The molecule has 3 N–H and O–H groups in total. The van der Waals surface area contributed by atoms with E-state index in [1.165, 1.54) is 0 Å². The lowest BCUT2D eigenvalue weighted by Crippen LogP contribution is -2.19. The molecule has 0 fully saturated rings. The van der Waals surface area contributed by atoms with Crippen LogP contribution in [0.5, 0.6) is 0 Å². The number of para-hydroxylation sites is 1. The van der Waals surface area contributed by atoms with Crippen molar-refractivity contribution in [3.05, 3.63) is 54.6 Å². The average molecular weight is 339 g/mol. The maximum Gasteiger partial charge on any atom is 0.323 e. The summed E-state index contributed by atoms with van der Waals surface area (Å²) in [5.74, 6) is 0.356. The average Bonchev–Trinajstić information content (AvgIpc) is 2.56. The lowest BCUT2D eigenvalue weighted by Gasteiger charge is -2.12. The maximum absolute atomic E-state index is 12.1. The molecule has 0 aromatic heterocycles. The molecule has 5 heteroatoms. The monoisotopic (exact) mass is 339 g/mol. The van der Waals surface area contributed by atoms with Crippen LogP contribution in [0.1, 0.15) is 33.1 Å². The Balaban J connectivity index is 1.90. The van der Waals surface area contributed by atoms with Gasteiger partial charge in [-0.3, -0.25) is 4.79 Å². The second-order valence-corrected chi connectivity index (χ2v) is 6.17. The lowest BCUT2D eigenvalue weighted by molar-refractivity contribution is -0.117. The van der Waals surface area contributed by atoms with Crippen LogP contribution in [0.15, 0.2) is 54.6 Å². The standard InChI is InChI=1S/C20H25N3O2/c1-3-8-15(2)13-19(24)21-17-11-7-12-18(14-17)23-20(25)22-16-9-5-4-6-10-16/h4-7,9-12,14-15H,3,8,13H2,1-2H3,(H,21,24)(H2,22,23,25). The summed E-state index contributed by atoms with van der Waals surface area (Å²) in [5, 5.41) is 8.40. The summed E-state index contributed by atoms with van der Waals surface area (Å²) in [5.41, 5.74) is 2.01. The molecule has 2 rings (SSSR count). The Morgan fingerprint density at radius 1 is 0.880 bits per heavy atom. The molecular formula is C20H25N3O2. The molecule has 2 aromatic rings. The van der Waals surface area contributed by atoms with Gasteiger partial charge in [0, 0.05) is 23.5 Å². The number of hydrogen-bond donors (Lipinski definition) is 3. The molecule has 2 aromatic carbocycles. The van der Waals surface area contributed by atoms with E-state index in [-0.39, 0.29) is 11.9 Å². The summed E-state index contributed by atoms with van der Waals surface area (Å²) in [6.07, 6.45) is 2.61. The van der Waals surface area contributed by atoms with Crippen LogP contribution >= 0.6 is 0 Å². The molecule has 0 saturated carbocycles. The van der Waals surface area contributed by atoms with Gasteiger partial charge in [-0.15, -0.1) is 0 Å². The summed E-state index contributed by atoms with van der Waals surface area (Å²) in [6.45, 7) is 4.19. The van der Waals surface area contributed by atoms with E-state index in [9.17, 15) is 9.59 Å². The van der Waals surface area contributed by atoms with Crippen molar-refractivity contribution in [1.29, 1.82) is 0 Å². The fourth-order valence-electron chi connectivity index (χ4n) is 2.61. The number of hydrogen-bond acceptors (Lipinski definition) is 2. The summed E-state index contributed by atoms with van der Waals surface area (Å²) in [4.78, 5) is 24.1. The second-order valence-electron chi connectivity index (χ2n) is 6.17. The first-order chi connectivity index (χ1) is 12.1.